The molecule has 0 aliphatic heterocycles. The fourth-order valence-corrected chi connectivity index (χ4v) is 3.53. The number of hydrogen-bond donors (Lipinski definition) is 1. The van der Waals surface area contributed by atoms with E-state index in [-0.39, 0.29) is 0 Å². The minimum atomic E-state index is 0.688. The molecule has 2 nitrogen and oxygen atoms in total. The summed E-state index contributed by atoms with van der Waals surface area (Å²) in [5.41, 5.74) is 2.61. The molecule has 2 unspecified atom stereocenters. The van der Waals surface area contributed by atoms with E-state index in [0.29, 0.717) is 12.0 Å². The number of nitrogens with zero attached hydrogens (tertiary/aromatic N) is 1. The van der Waals surface area contributed by atoms with Crippen molar-refractivity contribution in [2.24, 2.45) is 0 Å². The summed E-state index contributed by atoms with van der Waals surface area (Å²) in [5, 5.41) is 4.98. The van der Waals surface area contributed by atoms with E-state index >= 15 is 0 Å². The van der Waals surface area contributed by atoms with Crippen LogP contribution < -0.4 is 5.32 Å². The highest BCUT2D eigenvalue weighted by Crippen LogP contribution is 2.33. The maximum Gasteiger partial charge on any atom is 0.0704 e. The van der Waals surface area contributed by atoms with E-state index < -0.39 is 0 Å². The fraction of sp³-hybridized carbons (Fsp3) is 0.526. The minimum Gasteiger partial charge on any atom is -0.314 e. The molecule has 112 valence electrons. The van der Waals surface area contributed by atoms with Crippen LogP contribution in [-0.4, -0.2) is 17.6 Å². The van der Waals surface area contributed by atoms with Gasteiger partial charge >= 0.3 is 0 Å². The Bertz CT molecular complexity index is 579. The zero-order valence-corrected chi connectivity index (χ0v) is 13.0. The Labute approximate surface area is 128 Å². The molecule has 1 aromatic carbocycles. The van der Waals surface area contributed by atoms with Crippen LogP contribution in [0.1, 0.15) is 56.9 Å². The predicted molar refractivity (Wildman–Crippen MR) is 89.7 cm³/mol. The first-order valence-corrected chi connectivity index (χ1v) is 8.45. The summed E-state index contributed by atoms with van der Waals surface area (Å²) in [5.74, 6) is 0.688. The number of hydrogen-bond acceptors (Lipinski definition) is 2. The first-order valence-electron chi connectivity index (χ1n) is 8.45. The molecule has 1 N–H and O–H groups in total. The summed E-state index contributed by atoms with van der Waals surface area (Å²) in [6, 6.07) is 11.7. The van der Waals surface area contributed by atoms with Gasteiger partial charge in [0.25, 0.3) is 0 Å². The Hall–Kier alpha value is -1.41. The van der Waals surface area contributed by atoms with E-state index in [1.54, 1.807) is 0 Å². The van der Waals surface area contributed by atoms with Crippen LogP contribution in [0.3, 0.4) is 0 Å². The van der Waals surface area contributed by atoms with Crippen molar-refractivity contribution >= 4 is 10.9 Å². The van der Waals surface area contributed by atoms with Crippen molar-refractivity contribution in [2.75, 3.05) is 6.54 Å². The van der Waals surface area contributed by atoms with Gasteiger partial charge in [0.1, 0.15) is 0 Å². The van der Waals surface area contributed by atoms with Crippen molar-refractivity contribution in [1.82, 2.24) is 10.3 Å². The molecule has 0 spiro atoms. The Balaban J connectivity index is 1.78. The number of rotatable bonds is 4. The molecule has 1 aromatic heterocycles. The average molecular weight is 282 g/mol. The van der Waals surface area contributed by atoms with Gasteiger partial charge in [-0.1, -0.05) is 38.0 Å². The minimum absolute atomic E-state index is 0.688. The average Bonchev–Trinajstić information content (AvgIpc) is 2.78. The number of nitrogens with one attached hydrogen (secondary N) is 1. The maximum atomic E-state index is 4.51. The van der Waals surface area contributed by atoms with Gasteiger partial charge in [-0.15, -0.1) is 0 Å². The molecule has 21 heavy (non-hydrogen) atoms. The second-order valence-corrected chi connectivity index (χ2v) is 6.32. The summed E-state index contributed by atoms with van der Waals surface area (Å²) in [6.07, 6.45) is 9.77. The van der Waals surface area contributed by atoms with Gasteiger partial charge in [-0.2, -0.15) is 0 Å². The lowest BCUT2D eigenvalue weighted by molar-refractivity contribution is 0.439. The molecule has 0 amide bonds. The summed E-state index contributed by atoms with van der Waals surface area (Å²) >= 11 is 0. The quantitative estimate of drug-likeness (QED) is 0.826. The maximum absolute atomic E-state index is 4.51. The molecular formula is C19H26N2. The molecule has 1 aliphatic rings. The van der Waals surface area contributed by atoms with E-state index in [1.165, 1.54) is 49.5 Å². The standard InChI is InChI=1S/C19H26N2/c1-2-11-20-18-8-4-3-6-16(13-18)17-10-9-15-7-5-12-21-19(15)14-17/h5,7,9-10,12,14,16,18,20H,2-4,6,8,11,13H2,1H3. The SMILES string of the molecule is CCCNC1CCCCC(c2ccc3cccnc3c2)C1. The summed E-state index contributed by atoms with van der Waals surface area (Å²) in [7, 11) is 0. The van der Waals surface area contributed by atoms with Gasteiger partial charge in [-0.05, 0) is 55.8 Å². The largest absolute Gasteiger partial charge is 0.314 e. The Morgan fingerprint density at radius 1 is 1.19 bits per heavy atom. The van der Waals surface area contributed by atoms with E-state index in [1.807, 2.05) is 12.3 Å². The number of aromatic nitrogens is 1. The van der Waals surface area contributed by atoms with E-state index in [2.05, 4.69) is 41.5 Å². The van der Waals surface area contributed by atoms with Gasteiger partial charge in [0.05, 0.1) is 5.52 Å². The molecule has 1 fully saturated rings. The summed E-state index contributed by atoms with van der Waals surface area (Å²) < 4.78 is 0. The smallest absolute Gasteiger partial charge is 0.0704 e. The highest BCUT2D eigenvalue weighted by molar-refractivity contribution is 5.79. The first kappa shape index (κ1) is 14.5. The van der Waals surface area contributed by atoms with Gasteiger partial charge in [0.15, 0.2) is 0 Å². The predicted octanol–water partition coefficient (Wildman–Crippen LogP) is 4.65. The number of pyridine rings is 1. The van der Waals surface area contributed by atoms with Gasteiger partial charge in [0.2, 0.25) is 0 Å². The fourth-order valence-electron chi connectivity index (χ4n) is 3.53. The van der Waals surface area contributed by atoms with Crippen molar-refractivity contribution < 1.29 is 0 Å². The van der Waals surface area contributed by atoms with Crippen LogP contribution in [0.4, 0.5) is 0 Å². The molecule has 0 radical (unpaired) electrons. The van der Waals surface area contributed by atoms with Crippen molar-refractivity contribution in [3.63, 3.8) is 0 Å². The zero-order chi connectivity index (χ0) is 14.5. The molecular weight excluding hydrogens is 256 g/mol. The number of benzene rings is 1. The van der Waals surface area contributed by atoms with Gasteiger partial charge in [-0.25, -0.2) is 0 Å². The molecule has 0 bridgehead atoms. The topological polar surface area (TPSA) is 24.9 Å². The Morgan fingerprint density at radius 2 is 2.10 bits per heavy atom. The van der Waals surface area contributed by atoms with Gasteiger partial charge < -0.3 is 5.32 Å². The Morgan fingerprint density at radius 3 is 3.00 bits per heavy atom. The third-order valence-corrected chi connectivity index (χ3v) is 4.71. The van der Waals surface area contributed by atoms with Crippen LogP contribution in [0.5, 0.6) is 0 Å². The zero-order valence-electron chi connectivity index (χ0n) is 13.0. The molecule has 1 aliphatic carbocycles. The van der Waals surface area contributed by atoms with Crippen LogP contribution in [0.2, 0.25) is 0 Å². The first-order chi connectivity index (χ1) is 10.4. The molecule has 3 rings (SSSR count). The lowest BCUT2D eigenvalue weighted by atomic mass is 9.89. The Kier molecular flexibility index (Phi) is 4.87. The summed E-state index contributed by atoms with van der Waals surface area (Å²) in [6.45, 7) is 3.40. The van der Waals surface area contributed by atoms with Crippen molar-refractivity contribution in [2.45, 2.75) is 57.4 Å². The summed E-state index contributed by atoms with van der Waals surface area (Å²) in [4.78, 5) is 4.51. The molecule has 0 saturated heterocycles. The highest BCUT2D eigenvalue weighted by atomic mass is 14.9. The van der Waals surface area contributed by atoms with Crippen LogP contribution in [0.15, 0.2) is 36.5 Å². The van der Waals surface area contributed by atoms with Gasteiger partial charge in [0, 0.05) is 17.6 Å². The lowest BCUT2D eigenvalue weighted by Crippen LogP contribution is -2.30. The third-order valence-electron chi connectivity index (χ3n) is 4.71. The van der Waals surface area contributed by atoms with Crippen molar-refractivity contribution in [1.29, 1.82) is 0 Å². The van der Waals surface area contributed by atoms with E-state index in [4.69, 9.17) is 0 Å². The van der Waals surface area contributed by atoms with E-state index in [9.17, 15) is 0 Å². The van der Waals surface area contributed by atoms with Crippen LogP contribution in [0, 0.1) is 0 Å². The molecule has 2 aromatic rings. The normalized spacial score (nSPS) is 23.1. The highest BCUT2D eigenvalue weighted by Gasteiger charge is 2.21. The third kappa shape index (κ3) is 3.62. The van der Waals surface area contributed by atoms with Crippen LogP contribution >= 0.6 is 0 Å². The van der Waals surface area contributed by atoms with Gasteiger partial charge in [-0.3, -0.25) is 4.98 Å². The van der Waals surface area contributed by atoms with Crippen LogP contribution in [-0.2, 0) is 0 Å². The lowest BCUT2D eigenvalue weighted by Gasteiger charge is -2.21. The molecule has 2 heteroatoms. The molecule has 1 saturated carbocycles. The van der Waals surface area contributed by atoms with E-state index in [0.717, 1.165) is 12.1 Å². The monoisotopic (exact) mass is 282 g/mol. The molecule has 2 atom stereocenters. The second-order valence-electron chi connectivity index (χ2n) is 6.32. The second kappa shape index (κ2) is 7.04. The van der Waals surface area contributed by atoms with Crippen molar-refractivity contribution in [3.05, 3.63) is 42.1 Å². The molecule has 1 heterocycles. The number of fused-ring (bicyclic) bond motifs is 1. The van der Waals surface area contributed by atoms with Crippen LogP contribution in [0.25, 0.3) is 10.9 Å². The van der Waals surface area contributed by atoms with Crippen molar-refractivity contribution in [3.8, 4) is 0 Å².